The van der Waals surface area contributed by atoms with Gasteiger partial charge in [-0.05, 0) is 62.6 Å². The summed E-state index contributed by atoms with van der Waals surface area (Å²) in [6.45, 7) is 1.41. The molecule has 0 bridgehead atoms. The van der Waals surface area contributed by atoms with Crippen molar-refractivity contribution in [2.75, 3.05) is 29.9 Å². The summed E-state index contributed by atoms with van der Waals surface area (Å²) in [4.78, 5) is 21.3. The molecule has 4 rings (SSSR count). The average Bonchev–Trinajstić information content (AvgIpc) is 3.07. The van der Waals surface area contributed by atoms with E-state index < -0.39 is 0 Å². The van der Waals surface area contributed by atoms with Crippen LogP contribution >= 0.6 is 0 Å². The number of carbonyl (C=O) groups excluding carboxylic acids is 1. The Labute approximate surface area is 183 Å². The van der Waals surface area contributed by atoms with Gasteiger partial charge in [0.15, 0.2) is 0 Å². The van der Waals surface area contributed by atoms with E-state index >= 15 is 0 Å². The second-order valence-corrected chi connectivity index (χ2v) is 8.24. The fourth-order valence-corrected chi connectivity index (χ4v) is 4.46. The second kappa shape index (κ2) is 9.45. The number of hydrogen-bond donors (Lipinski definition) is 2. The molecule has 1 aromatic heterocycles. The zero-order valence-electron chi connectivity index (χ0n) is 18.1. The molecule has 31 heavy (non-hydrogen) atoms. The van der Waals surface area contributed by atoms with Gasteiger partial charge in [0.25, 0.3) is 5.91 Å². The van der Waals surface area contributed by atoms with Crippen LogP contribution < -0.4 is 21.3 Å². The molecule has 3 aromatic rings. The first-order chi connectivity index (χ1) is 15.1. The number of hydrogen-bond acceptors (Lipinski definition) is 5. The molecule has 6 nitrogen and oxygen atoms in total. The van der Waals surface area contributed by atoms with E-state index in [1.807, 2.05) is 36.2 Å². The predicted octanol–water partition coefficient (Wildman–Crippen LogP) is 4.20. The number of unbranched alkanes of at least 4 members (excludes halogenated alkanes) is 1. The number of rotatable bonds is 10. The highest BCUT2D eigenvalue weighted by Gasteiger charge is 2.30. The summed E-state index contributed by atoms with van der Waals surface area (Å²) >= 11 is 0. The smallest absolute Gasteiger partial charge is 0.258 e. The summed E-state index contributed by atoms with van der Waals surface area (Å²) in [5, 5.41) is 2.13. The van der Waals surface area contributed by atoms with Gasteiger partial charge in [0, 0.05) is 59.7 Å². The minimum absolute atomic E-state index is 0.0843. The Kier molecular flexibility index (Phi) is 6.49. The number of benzene rings is 2. The molecule has 1 amide bonds. The Morgan fingerprint density at radius 2 is 1.81 bits per heavy atom. The van der Waals surface area contributed by atoms with Crippen molar-refractivity contribution in [1.29, 1.82) is 0 Å². The standard InChI is InChI=1S/C25H31N5O/c1-29(19-12-15-28-16-13-19)22-10-11-23-24-20(22)8-4-9-21(24)25(31)30(23)17-5-7-18(27)6-2-3-14-26/h4,8-13,15-16,18H,2-3,5-7,14,17,26-27H2,1H3. The van der Waals surface area contributed by atoms with Gasteiger partial charge in [-0.2, -0.15) is 0 Å². The van der Waals surface area contributed by atoms with Crippen LogP contribution in [0.2, 0.25) is 0 Å². The van der Waals surface area contributed by atoms with Crippen LogP contribution in [0.4, 0.5) is 17.1 Å². The molecule has 0 saturated heterocycles. The zero-order valence-corrected chi connectivity index (χ0v) is 18.1. The van der Waals surface area contributed by atoms with E-state index in [0.717, 1.165) is 72.0 Å². The Morgan fingerprint density at radius 3 is 2.58 bits per heavy atom. The van der Waals surface area contributed by atoms with E-state index in [9.17, 15) is 4.79 Å². The van der Waals surface area contributed by atoms with Crippen LogP contribution in [0.1, 0.15) is 42.5 Å². The number of anilines is 3. The highest BCUT2D eigenvalue weighted by molar-refractivity contribution is 6.26. The number of pyridine rings is 1. The van der Waals surface area contributed by atoms with E-state index in [-0.39, 0.29) is 11.9 Å². The third-order valence-corrected chi connectivity index (χ3v) is 6.16. The molecule has 0 spiro atoms. The summed E-state index contributed by atoms with van der Waals surface area (Å²) < 4.78 is 0. The van der Waals surface area contributed by atoms with Crippen LogP contribution in [0.3, 0.4) is 0 Å². The van der Waals surface area contributed by atoms with Gasteiger partial charge in [0.05, 0.1) is 5.69 Å². The number of nitrogens with zero attached hydrogens (tertiary/aromatic N) is 3. The third kappa shape index (κ3) is 4.27. The summed E-state index contributed by atoms with van der Waals surface area (Å²) in [5.74, 6) is 0.0843. The first-order valence-electron chi connectivity index (χ1n) is 11.1. The molecule has 162 valence electrons. The van der Waals surface area contributed by atoms with E-state index in [2.05, 4.69) is 28.1 Å². The Morgan fingerprint density at radius 1 is 1.03 bits per heavy atom. The predicted molar refractivity (Wildman–Crippen MR) is 128 cm³/mol. The quantitative estimate of drug-likeness (QED) is 0.483. The van der Waals surface area contributed by atoms with Crippen molar-refractivity contribution in [3.8, 4) is 0 Å². The first-order valence-corrected chi connectivity index (χ1v) is 11.1. The maximum atomic E-state index is 13.2. The molecule has 4 N–H and O–H groups in total. The first kappa shape index (κ1) is 21.3. The van der Waals surface area contributed by atoms with Crippen LogP contribution in [-0.2, 0) is 0 Å². The van der Waals surface area contributed by atoms with Crippen LogP contribution in [0, 0.1) is 0 Å². The molecule has 0 aliphatic carbocycles. The lowest BCUT2D eigenvalue weighted by molar-refractivity contribution is 0.0992. The van der Waals surface area contributed by atoms with E-state index in [1.54, 1.807) is 12.4 Å². The zero-order chi connectivity index (χ0) is 21.8. The summed E-state index contributed by atoms with van der Waals surface area (Å²) in [5.41, 5.74) is 15.7. The minimum Gasteiger partial charge on any atom is -0.344 e. The van der Waals surface area contributed by atoms with Gasteiger partial charge in [-0.3, -0.25) is 9.78 Å². The van der Waals surface area contributed by atoms with Crippen molar-refractivity contribution in [1.82, 2.24) is 4.98 Å². The van der Waals surface area contributed by atoms with Crippen molar-refractivity contribution in [3.63, 3.8) is 0 Å². The maximum absolute atomic E-state index is 13.2. The van der Waals surface area contributed by atoms with Gasteiger partial charge in [-0.15, -0.1) is 0 Å². The van der Waals surface area contributed by atoms with Crippen molar-refractivity contribution >= 4 is 33.7 Å². The van der Waals surface area contributed by atoms with E-state index in [0.29, 0.717) is 6.54 Å². The van der Waals surface area contributed by atoms with Crippen molar-refractivity contribution in [2.45, 2.75) is 38.1 Å². The largest absolute Gasteiger partial charge is 0.344 e. The number of aromatic nitrogens is 1. The van der Waals surface area contributed by atoms with Crippen molar-refractivity contribution < 1.29 is 4.79 Å². The van der Waals surface area contributed by atoms with Gasteiger partial charge in [0.2, 0.25) is 0 Å². The molecule has 0 radical (unpaired) electrons. The normalized spacial score (nSPS) is 13.8. The fourth-order valence-electron chi connectivity index (χ4n) is 4.46. The Balaban J connectivity index is 1.55. The SMILES string of the molecule is CN(c1ccncc1)c1ccc2c3c(cccc13)C(=O)N2CCCC(N)CCCCN. The molecular weight excluding hydrogens is 386 g/mol. The topological polar surface area (TPSA) is 88.5 Å². The van der Waals surface area contributed by atoms with Gasteiger partial charge < -0.3 is 21.3 Å². The number of amides is 1. The molecule has 1 unspecified atom stereocenters. The second-order valence-electron chi connectivity index (χ2n) is 8.24. The van der Waals surface area contributed by atoms with Crippen LogP contribution in [0.15, 0.2) is 54.9 Å². The highest BCUT2D eigenvalue weighted by Crippen LogP contribution is 2.42. The molecule has 1 aliphatic rings. The van der Waals surface area contributed by atoms with Crippen LogP contribution in [0.25, 0.3) is 10.8 Å². The molecule has 2 aromatic carbocycles. The van der Waals surface area contributed by atoms with Gasteiger partial charge in [0.1, 0.15) is 0 Å². The average molecular weight is 418 g/mol. The lowest BCUT2D eigenvalue weighted by Crippen LogP contribution is -2.29. The fraction of sp³-hybridized carbons (Fsp3) is 0.360. The van der Waals surface area contributed by atoms with Crippen molar-refractivity contribution in [3.05, 3.63) is 60.4 Å². The molecule has 0 fully saturated rings. The van der Waals surface area contributed by atoms with E-state index in [4.69, 9.17) is 11.5 Å². The van der Waals surface area contributed by atoms with Crippen molar-refractivity contribution in [2.24, 2.45) is 11.5 Å². The lowest BCUT2D eigenvalue weighted by Gasteiger charge is -2.23. The van der Waals surface area contributed by atoms with Gasteiger partial charge >= 0.3 is 0 Å². The molecular formula is C25H31N5O. The van der Waals surface area contributed by atoms with Crippen LogP contribution in [0.5, 0.6) is 0 Å². The third-order valence-electron chi connectivity index (χ3n) is 6.16. The molecule has 6 heteroatoms. The minimum atomic E-state index is 0.0843. The van der Waals surface area contributed by atoms with Gasteiger partial charge in [-0.25, -0.2) is 0 Å². The number of carbonyl (C=O) groups is 1. The summed E-state index contributed by atoms with van der Waals surface area (Å²) in [6.07, 6.45) is 8.46. The van der Waals surface area contributed by atoms with Crippen LogP contribution in [-0.4, -0.2) is 37.1 Å². The number of nitrogens with two attached hydrogens (primary N) is 2. The highest BCUT2D eigenvalue weighted by atomic mass is 16.2. The Bertz CT molecular complexity index is 1050. The monoisotopic (exact) mass is 417 g/mol. The molecule has 2 heterocycles. The molecule has 1 aliphatic heterocycles. The molecule has 1 atom stereocenters. The van der Waals surface area contributed by atoms with E-state index in [1.165, 1.54) is 0 Å². The molecule has 0 saturated carbocycles. The summed E-state index contributed by atoms with van der Waals surface area (Å²) in [6, 6.07) is 14.3. The van der Waals surface area contributed by atoms with Gasteiger partial charge in [-0.1, -0.05) is 18.6 Å². The summed E-state index contributed by atoms with van der Waals surface area (Å²) in [7, 11) is 2.04. The lowest BCUT2D eigenvalue weighted by atomic mass is 10.0. The maximum Gasteiger partial charge on any atom is 0.258 e. The Hall–Kier alpha value is -2.96.